The number of carbonyl (C=O) groups is 1. The number of nitrogens with zero attached hydrogens (tertiary/aromatic N) is 1. The van der Waals surface area contributed by atoms with E-state index in [0.29, 0.717) is 17.1 Å². The molecule has 0 saturated carbocycles. The predicted molar refractivity (Wildman–Crippen MR) is 97.4 cm³/mol. The second-order valence-corrected chi connectivity index (χ2v) is 6.27. The van der Waals surface area contributed by atoms with Crippen LogP contribution < -0.4 is 21.5 Å². The molecule has 0 fully saturated rings. The quantitative estimate of drug-likeness (QED) is 0.286. The van der Waals surface area contributed by atoms with Gasteiger partial charge >= 0.3 is 0 Å². The topological polar surface area (TPSA) is 20.9 Å². The van der Waals surface area contributed by atoms with E-state index in [0.717, 1.165) is 21.5 Å². The van der Waals surface area contributed by atoms with Gasteiger partial charge < -0.3 is 17.0 Å². The lowest BCUT2D eigenvalue weighted by Gasteiger charge is -2.06. The van der Waals surface area contributed by atoms with Gasteiger partial charge in [0.15, 0.2) is 12.4 Å². The Bertz CT molecular complexity index is 1060. The third kappa shape index (κ3) is 3.58. The smallest absolute Gasteiger partial charge is 0.227 e. The van der Waals surface area contributed by atoms with Gasteiger partial charge in [-0.15, -0.1) is 0 Å². The summed E-state index contributed by atoms with van der Waals surface area (Å²) in [5, 5.41) is 5.05. The molecule has 0 radical (unpaired) electrons. The molecule has 4 rings (SSSR count). The highest BCUT2D eigenvalue weighted by Crippen LogP contribution is 2.28. The van der Waals surface area contributed by atoms with Crippen molar-refractivity contribution in [2.45, 2.75) is 6.54 Å². The van der Waals surface area contributed by atoms with Crippen LogP contribution in [-0.4, -0.2) is 5.78 Å². The number of rotatable bonds is 3. The average molecular weight is 413 g/mol. The molecular formula is C21H15BrClNO. The van der Waals surface area contributed by atoms with Crippen LogP contribution in [-0.2, 0) is 6.54 Å². The average Bonchev–Trinajstić information content (AvgIpc) is 2.62. The van der Waals surface area contributed by atoms with Crippen molar-refractivity contribution in [3.63, 3.8) is 0 Å². The van der Waals surface area contributed by atoms with Crippen LogP contribution in [0.1, 0.15) is 10.4 Å². The zero-order valence-electron chi connectivity index (χ0n) is 13.3. The van der Waals surface area contributed by atoms with Gasteiger partial charge in [-0.25, -0.2) is 0 Å². The van der Waals surface area contributed by atoms with Gasteiger partial charge in [-0.1, -0.05) is 48.0 Å². The van der Waals surface area contributed by atoms with Crippen LogP contribution >= 0.6 is 11.6 Å². The Morgan fingerprint density at radius 3 is 2.16 bits per heavy atom. The van der Waals surface area contributed by atoms with Gasteiger partial charge in [0.1, 0.15) is 0 Å². The fourth-order valence-electron chi connectivity index (χ4n) is 2.99. The number of fused-ring (bicyclic) bond motifs is 3. The number of ketones is 1. The molecule has 4 heteroatoms. The number of aromatic nitrogens is 1. The molecule has 1 aromatic heterocycles. The van der Waals surface area contributed by atoms with Crippen molar-refractivity contribution in [2.75, 3.05) is 0 Å². The molecule has 124 valence electrons. The SMILES string of the molecule is O=C(C[n+]1ccccc1)c1ccc2ccc3ccc(Cl)cc3c2c1.[Br-]. The van der Waals surface area contributed by atoms with E-state index in [1.54, 1.807) is 0 Å². The van der Waals surface area contributed by atoms with Crippen molar-refractivity contribution >= 4 is 38.9 Å². The monoisotopic (exact) mass is 411 g/mol. The molecule has 0 aliphatic rings. The first-order valence-electron chi connectivity index (χ1n) is 7.80. The fourth-order valence-corrected chi connectivity index (χ4v) is 3.16. The third-order valence-corrected chi connectivity index (χ3v) is 4.46. The van der Waals surface area contributed by atoms with Crippen LogP contribution in [0, 0.1) is 0 Å². The van der Waals surface area contributed by atoms with E-state index in [-0.39, 0.29) is 22.8 Å². The van der Waals surface area contributed by atoms with E-state index < -0.39 is 0 Å². The highest BCUT2D eigenvalue weighted by atomic mass is 79.9. The molecule has 25 heavy (non-hydrogen) atoms. The van der Waals surface area contributed by atoms with Crippen molar-refractivity contribution in [1.82, 2.24) is 0 Å². The zero-order valence-corrected chi connectivity index (χ0v) is 15.7. The van der Waals surface area contributed by atoms with E-state index in [9.17, 15) is 4.79 Å². The number of benzene rings is 3. The maximum absolute atomic E-state index is 12.6. The second-order valence-electron chi connectivity index (χ2n) is 5.84. The van der Waals surface area contributed by atoms with Crippen molar-refractivity contribution in [3.05, 3.63) is 89.7 Å². The number of hydrogen-bond donors (Lipinski definition) is 0. The number of hydrogen-bond acceptors (Lipinski definition) is 1. The lowest BCUT2D eigenvalue weighted by atomic mass is 9.98. The van der Waals surface area contributed by atoms with Crippen LogP contribution in [0.5, 0.6) is 0 Å². The lowest BCUT2D eigenvalue weighted by Crippen LogP contribution is -3.00. The molecule has 4 aromatic rings. The maximum Gasteiger partial charge on any atom is 0.227 e. The Balaban J connectivity index is 0.00000182. The Kier molecular flexibility index (Phi) is 5.16. The maximum atomic E-state index is 12.6. The van der Waals surface area contributed by atoms with Crippen molar-refractivity contribution in [3.8, 4) is 0 Å². The Morgan fingerprint density at radius 1 is 0.840 bits per heavy atom. The van der Waals surface area contributed by atoms with Gasteiger partial charge in [-0.2, -0.15) is 4.57 Å². The van der Waals surface area contributed by atoms with Gasteiger partial charge in [0.25, 0.3) is 0 Å². The standard InChI is InChI=1S/C21H15ClNO.BrH/c22-18-9-8-16-5-4-15-6-7-17(12-19(15)20(16)13-18)21(24)14-23-10-2-1-3-11-23;/h1-13H,14H2;1H/q+1;/p-1. The zero-order chi connectivity index (χ0) is 16.5. The highest BCUT2D eigenvalue weighted by Gasteiger charge is 2.13. The molecule has 0 aliphatic heterocycles. The number of halogens is 2. The summed E-state index contributed by atoms with van der Waals surface area (Å²) >= 11 is 6.16. The minimum absolute atomic E-state index is 0. The first-order valence-corrected chi connectivity index (χ1v) is 8.18. The summed E-state index contributed by atoms with van der Waals surface area (Å²) in [5.74, 6) is 0.0899. The molecule has 0 spiro atoms. The van der Waals surface area contributed by atoms with Gasteiger partial charge in [0, 0.05) is 22.7 Å². The Hall–Kier alpha value is -2.23. The predicted octanol–water partition coefficient (Wildman–Crippen LogP) is 1.82. The lowest BCUT2D eigenvalue weighted by molar-refractivity contribution is -0.683. The van der Waals surface area contributed by atoms with E-state index >= 15 is 0 Å². The first kappa shape index (κ1) is 17.6. The molecule has 0 amide bonds. The Morgan fingerprint density at radius 2 is 1.44 bits per heavy atom. The van der Waals surface area contributed by atoms with Crippen molar-refractivity contribution < 1.29 is 26.3 Å². The van der Waals surface area contributed by atoms with Gasteiger partial charge in [-0.05, 0) is 39.7 Å². The van der Waals surface area contributed by atoms with E-state index in [1.165, 1.54) is 0 Å². The molecule has 2 nitrogen and oxygen atoms in total. The van der Waals surface area contributed by atoms with Gasteiger partial charge in [0.05, 0.1) is 0 Å². The van der Waals surface area contributed by atoms with Crippen molar-refractivity contribution in [2.24, 2.45) is 0 Å². The summed E-state index contributed by atoms with van der Waals surface area (Å²) in [5.41, 5.74) is 0.714. The Labute approximate surface area is 161 Å². The molecule has 1 heterocycles. The van der Waals surface area contributed by atoms with Crippen LogP contribution in [0.25, 0.3) is 21.5 Å². The fraction of sp³-hybridized carbons (Fsp3) is 0.0476. The summed E-state index contributed by atoms with van der Waals surface area (Å²) in [4.78, 5) is 12.6. The van der Waals surface area contributed by atoms with E-state index in [2.05, 4.69) is 12.1 Å². The second kappa shape index (κ2) is 7.34. The first-order chi connectivity index (χ1) is 11.7. The van der Waals surface area contributed by atoms with Crippen LogP contribution in [0.2, 0.25) is 5.02 Å². The van der Waals surface area contributed by atoms with Crippen LogP contribution in [0.3, 0.4) is 0 Å². The summed E-state index contributed by atoms with van der Waals surface area (Å²) in [6, 6.07) is 21.6. The third-order valence-electron chi connectivity index (χ3n) is 4.23. The molecular weight excluding hydrogens is 398 g/mol. The van der Waals surface area contributed by atoms with E-state index in [4.69, 9.17) is 11.6 Å². The molecule has 0 aliphatic carbocycles. The summed E-state index contributed by atoms with van der Waals surface area (Å²) in [6.45, 7) is 0.331. The molecule has 3 aromatic carbocycles. The van der Waals surface area contributed by atoms with Crippen LogP contribution in [0.4, 0.5) is 0 Å². The van der Waals surface area contributed by atoms with E-state index in [1.807, 2.05) is 71.6 Å². The summed E-state index contributed by atoms with van der Waals surface area (Å²) < 4.78 is 1.88. The van der Waals surface area contributed by atoms with Gasteiger partial charge in [0.2, 0.25) is 12.3 Å². The number of carbonyl (C=O) groups excluding carboxylic acids is 1. The minimum atomic E-state index is 0. The minimum Gasteiger partial charge on any atom is -1.00 e. The normalized spacial score (nSPS) is 10.6. The molecule has 0 unspecified atom stereocenters. The van der Waals surface area contributed by atoms with Crippen molar-refractivity contribution in [1.29, 1.82) is 0 Å². The van der Waals surface area contributed by atoms with Gasteiger partial charge in [-0.3, -0.25) is 4.79 Å². The largest absolute Gasteiger partial charge is 1.00 e. The molecule has 0 bridgehead atoms. The molecule has 0 N–H and O–H groups in total. The number of pyridine rings is 1. The summed E-state index contributed by atoms with van der Waals surface area (Å²) in [7, 11) is 0. The number of Topliss-reactive ketones (excluding diaryl/α,β-unsaturated/α-hetero) is 1. The molecule has 0 saturated heterocycles. The summed E-state index contributed by atoms with van der Waals surface area (Å²) in [6.07, 6.45) is 3.79. The molecule has 0 atom stereocenters. The van der Waals surface area contributed by atoms with Crippen LogP contribution in [0.15, 0.2) is 79.1 Å². The highest BCUT2D eigenvalue weighted by molar-refractivity contribution is 6.31.